The Kier molecular flexibility index (Phi) is 7.86. The van der Waals surface area contributed by atoms with E-state index >= 15 is 0 Å². The summed E-state index contributed by atoms with van der Waals surface area (Å²) >= 11 is 0. The zero-order chi connectivity index (χ0) is 16.9. The quantitative estimate of drug-likeness (QED) is 0.268. The summed E-state index contributed by atoms with van der Waals surface area (Å²) < 4.78 is 33.2. The average Bonchev–Trinajstić information content (AvgIpc) is 3.46. The van der Waals surface area contributed by atoms with Crippen molar-refractivity contribution in [3.05, 3.63) is 35.4 Å². The fourth-order valence-electron chi connectivity index (χ4n) is 2.82. The lowest BCUT2D eigenvalue weighted by atomic mass is 10.1. The first-order valence-electron chi connectivity index (χ1n) is 8.68. The van der Waals surface area contributed by atoms with Gasteiger partial charge in [-0.05, 0) is 43.7 Å². The van der Waals surface area contributed by atoms with Gasteiger partial charge in [-0.15, -0.1) is 24.0 Å². The molecule has 140 valence electrons. The minimum absolute atomic E-state index is 0. The van der Waals surface area contributed by atoms with E-state index in [1.807, 2.05) is 0 Å². The molecule has 0 aromatic heterocycles. The monoisotopic (exact) mass is 465 g/mol. The van der Waals surface area contributed by atoms with E-state index < -0.39 is 11.6 Å². The smallest absolute Gasteiger partial charge is 0.191 e. The maximum absolute atomic E-state index is 13.8. The van der Waals surface area contributed by atoms with E-state index in [2.05, 4.69) is 15.6 Å². The summed E-state index contributed by atoms with van der Waals surface area (Å²) in [5.41, 5.74) is 0.180. The van der Waals surface area contributed by atoms with Gasteiger partial charge in [-0.2, -0.15) is 0 Å². The third-order valence-electron chi connectivity index (χ3n) is 4.52. The molecular weight excluding hydrogens is 439 g/mol. The predicted molar refractivity (Wildman–Crippen MR) is 106 cm³/mol. The van der Waals surface area contributed by atoms with E-state index in [4.69, 9.17) is 4.74 Å². The molecule has 0 amide bonds. The molecule has 0 saturated heterocycles. The number of halogens is 3. The van der Waals surface area contributed by atoms with Crippen LogP contribution in [0.15, 0.2) is 23.2 Å². The number of rotatable bonds is 8. The Bertz CT molecular complexity index is 575. The second-order valence-corrected chi connectivity index (χ2v) is 6.60. The minimum Gasteiger partial charge on any atom is -0.381 e. The number of ether oxygens (including phenoxy) is 1. The molecule has 0 heterocycles. The first-order valence-corrected chi connectivity index (χ1v) is 8.68. The fraction of sp³-hybridized carbons (Fsp3) is 0.611. The van der Waals surface area contributed by atoms with Gasteiger partial charge in [0.2, 0.25) is 0 Å². The van der Waals surface area contributed by atoms with E-state index in [1.165, 1.54) is 31.0 Å². The van der Waals surface area contributed by atoms with Gasteiger partial charge in [0.25, 0.3) is 0 Å². The lowest BCUT2D eigenvalue weighted by Gasteiger charge is -2.12. The first-order chi connectivity index (χ1) is 11.7. The molecule has 2 N–H and O–H groups in total. The number of hydrogen-bond acceptors (Lipinski definition) is 2. The van der Waals surface area contributed by atoms with Crippen LogP contribution in [0.5, 0.6) is 0 Å². The topological polar surface area (TPSA) is 45.7 Å². The van der Waals surface area contributed by atoms with Crippen LogP contribution in [0, 0.1) is 17.6 Å². The van der Waals surface area contributed by atoms with Gasteiger partial charge in [-0.3, -0.25) is 4.99 Å². The molecule has 4 nitrogen and oxygen atoms in total. The van der Waals surface area contributed by atoms with Crippen LogP contribution in [0.25, 0.3) is 0 Å². The molecule has 0 radical (unpaired) electrons. The van der Waals surface area contributed by atoms with Crippen LogP contribution in [-0.4, -0.2) is 38.8 Å². The van der Waals surface area contributed by atoms with Crippen LogP contribution in [0.3, 0.4) is 0 Å². The van der Waals surface area contributed by atoms with Crippen molar-refractivity contribution in [1.82, 2.24) is 10.6 Å². The molecule has 2 fully saturated rings. The molecule has 2 aliphatic carbocycles. The van der Waals surface area contributed by atoms with Crippen molar-refractivity contribution in [3.63, 3.8) is 0 Å². The van der Waals surface area contributed by atoms with Gasteiger partial charge in [0.15, 0.2) is 5.96 Å². The summed E-state index contributed by atoms with van der Waals surface area (Å²) in [6.07, 6.45) is 4.23. The van der Waals surface area contributed by atoms with E-state index in [1.54, 1.807) is 7.05 Å². The molecule has 1 aromatic carbocycles. The maximum atomic E-state index is 13.8. The van der Waals surface area contributed by atoms with Gasteiger partial charge in [0, 0.05) is 44.3 Å². The molecule has 2 aliphatic rings. The molecule has 25 heavy (non-hydrogen) atoms. The molecule has 2 unspecified atom stereocenters. The Hall–Kier alpha value is -0.960. The van der Waals surface area contributed by atoms with Gasteiger partial charge in [0.05, 0.1) is 0 Å². The Morgan fingerprint density at radius 3 is 2.64 bits per heavy atom. The van der Waals surface area contributed by atoms with Crippen LogP contribution < -0.4 is 10.6 Å². The Labute approximate surface area is 164 Å². The molecule has 0 spiro atoms. The van der Waals surface area contributed by atoms with Gasteiger partial charge in [-0.25, -0.2) is 8.78 Å². The van der Waals surface area contributed by atoms with E-state index in [-0.39, 0.29) is 41.5 Å². The standard InChI is InChI=1S/C18H25F2N3O.HI/c1-21-18(22-8-3-9-24-11-12-6-7-12)23-16-10-13(16)17-14(19)4-2-5-15(17)20;/h2,4-5,12-13,16H,3,6-11H2,1H3,(H2,21,22,23);1H. The van der Waals surface area contributed by atoms with Crippen LogP contribution in [0.4, 0.5) is 8.78 Å². The van der Waals surface area contributed by atoms with Gasteiger partial charge in [0.1, 0.15) is 11.6 Å². The number of benzene rings is 1. The van der Waals surface area contributed by atoms with Crippen molar-refractivity contribution >= 4 is 29.9 Å². The molecule has 3 rings (SSSR count). The van der Waals surface area contributed by atoms with Crippen molar-refractivity contribution < 1.29 is 13.5 Å². The van der Waals surface area contributed by atoms with Crippen molar-refractivity contribution in [2.45, 2.75) is 37.6 Å². The maximum Gasteiger partial charge on any atom is 0.191 e. The summed E-state index contributed by atoms with van der Waals surface area (Å²) in [5, 5.41) is 6.44. The van der Waals surface area contributed by atoms with Crippen LogP contribution >= 0.6 is 24.0 Å². The van der Waals surface area contributed by atoms with Crippen LogP contribution in [-0.2, 0) is 4.74 Å². The Morgan fingerprint density at radius 2 is 2.00 bits per heavy atom. The fourth-order valence-corrected chi connectivity index (χ4v) is 2.82. The van der Waals surface area contributed by atoms with Crippen molar-refractivity contribution in [2.75, 3.05) is 26.8 Å². The molecule has 2 atom stereocenters. The molecule has 0 aliphatic heterocycles. The highest BCUT2D eigenvalue weighted by Crippen LogP contribution is 2.43. The summed E-state index contributed by atoms with van der Waals surface area (Å²) in [4.78, 5) is 4.16. The zero-order valence-electron chi connectivity index (χ0n) is 14.4. The third kappa shape index (κ3) is 6.06. The van der Waals surface area contributed by atoms with Crippen molar-refractivity contribution in [1.29, 1.82) is 0 Å². The number of nitrogens with one attached hydrogen (secondary N) is 2. The lowest BCUT2D eigenvalue weighted by molar-refractivity contribution is 0.123. The highest BCUT2D eigenvalue weighted by atomic mass is 127. The van der Waals surface area contributed by atoms with Crippen LogP contribution in [0.1, 0.15) is 37.2 Å². The molecule has 0 bridgehead atoms. The first kappa shape index (κ1) is 20.4. The molecular formula is C18H26F2IN3O. The third-order valence-corrected chi connectivity index (χ3v) is 4.52. The summed E-state index contributed by atoms with van der Waals surface area (Å²) in [6, 6.07) is 4.03. The Morgan fingerprint density at radius 1 is 1.28 bits per heavy atom. The number of nitrogens with zero attached hydrogens (tertiary/aromatic N) is 1. The van der Waals surface area contributed by atoms with Gasteiger partial charge >= 0.3 is 0 Å². The Balaban J connectivity index is 0.00000225. The molecule has 7 heteroatoms. The zero-order valence-corrected chi connectivity index (χ0v) is 16.8. The summed E-state index contributed by atoms with van der Waals surface area (Å²) in [5.74, 6) is 0.381. The molecule has 1 aromatic rings. The number of guanidine groups is 1. The number of aliphatic imine (C=N–C) groups is 1. The number of hydrogen-bond donors (Lipinski definition) is 2. The van der Waals surface area contributed by atoms with Gasteiger partial charge < -0.3 is 15.4 Å². The predicted octanol–water partition coefficient (Wildman–Crippen LogP) is 3.42. The largest absolute Gasteiger partial charge is 0.381 e. The second-order valence-electron chi connectivity index (χ2n) is 6.60. The van der Waals surface area contributed by atoms with Crippen molar-refractivity contribution in [3.8, 4) is 0 Å². The molecule has 2 saturated carbocycles. The normalized spacial score (nSPS) is 22.3. The van der Waals surface area contributed by atoms with Gasteiger partial charge in [-0.1, -0.05) is 6.07 Å². The van der Waals surface area contributed by atoms with E-state index in [0.29, 0.717) is 12.4 Å². The lowest BCUT2D eigenvalue weighted by Crippen LogP contribution is -2.39. The summed E-state index contributed by atoms with van der Waals surface area (Å²) in [6.45, 7) is 2.38. The van der Waals surface area contributed by atoms with E-state index in [0.717, 1.165) is 32.1 Å². The highest BCUT2D eigenvalue weighted by molar-refractivity contribution is 14.0. The van der Waals surface area contributed by atoms with E-state index in [9.17, 15) is 8.78 Å². The minimum atomic E-state index is -0.472. The highest BCUT2D eigenvalue weighted by Gasteiger charge is 2.42. The SMILES string of the molecule is CN=C(NCCCOCC1CC1)NC1CC1c1c(F)cccc1F.I. The second kappa shape index (κ2) is 9.66. The van der Waals surface area contributed by atoms with Crippen LogP contribution in [0.2, 0.25) is 0 Å². The average molecular weight is 465 g/mol. The van der Waals surface area contributed by atoms with Crippen molar-refractivity contribution in [2.24, 2.45) is 10.9 Å². The summed E-state index contributed by atoms with van der Waals surface area (Å²) in [7, 11) is 1.69.